The predicted octanol–water partition coefficient (Wildman–Crippen LogP) is 4.35. The van der Waals surface area contributed by atoms with Crippen LogP contribution in [0.4, 0.5) is 11.4 Å². The van der Waals surface area contributed by atoms with E-state index < -0.39 is 11.2 Å². The number of fused-ring (bicyclic) bond motifs is 1. The maximum absolute atomic E-state index is 13.6. The monoisotopic (exact) mass is 512 g/mol. The molecule has 0 aliphatic heterocycles. The van der Waals surface area contributed by atoms with Crippen LogP contribution in [-0.4, -0.2) is 13.7 Å². The molecule has 0 amide bonds. The number of aryl methyl sites for hydroxylation is 1. The largest absolute Gasteiger partial charge is 0.353 e. The second kappa shape index (κ2) is 7.79. The first-order valence-corrected chi connectivity index (χ1v) is 11.2. The van der Waals surface area contributed by atoms with Crippen LogP contribution in [0.3, 0.4) is 0 Å². The van der Waals surface area contributed by atoms with Crippen molar-refractivity contribution in [2.24, 2.45) is 7.05 Å². The first-order chi connectivity index (χ1) is 15.4. The van der Waals surface area contributed by atoms with Crippen LogP contribution in [-0.2, 0) is 7.05 Å². The Kier molecular flexibility index (Phi) is 5.06. The van der Waals surface area contributed by atoms with Crippen LogP contribution in [0, 0.1) is 0 Å². The highest BCUT2D eigenvalue weighted by Gasteiger charge is 2.30. The summed E-state index contributed by atoms with van der Waals surface area (Å²) in [6, 6.07) is 15.5. The van der Waals surface area contributed by atoms with Gasteiger partial charge in [0.2, 0.25) is 0 Å². The normalized spacial score (nSPS) is 13.5. The number of nitrogens with one attached hydrogen (secondary N) is 1. The van der Waals surface area contributed by atoms with Crippen molar-refractivity contribution in [3.63, 3.8) is 0 Å². The second-order valence-corrected chi connectivity index (χ2v) is 9.09. The van der Waals surface area contributed by atoms with E-state index in [-0.39, 0.29) is 22.6 Å². The van der Waals surface area contributed by atoms with E-state index in [0.29, 0.717) is 22.1 Å². The number of aromatic nitrogens is 3. The van der Waals surface area contributed by atoms with Crippen molar-refractivity contribution < 1.29 is 0 Å². The van der Waals surface area contributed by atoms with Crippen molar-refractivity contribution in [3.05, 3.63) is 95.3 Å². The van der Waals surface area contributed by atoms with Gasteiger partial charge >= 0.3 is 5.69 Å². The van der Waals surface area contributed by atoms with Crippen LogP contribution in [0.25, 0.3) is 16.7 Å². The first kappa shape index (κ1) is 20.8. The molecule has 1 aliphatic rings. The van der Waals surface area contributed by atoms with Crippen molar-refractivity contribution >= 4 is 49.9 Å². The van der Waals surface area contributed by atoms with Gasteiger partial charge in [0, 0.05) is 23.6 Å². The van der Waals surface area contributed by atoms with Gasteiger partial charge in [-0.1, -0.05) is 45.7 Å². The van der Waals surface area contributed by atoms with Crippen LogP contribution in [0.2, 0.25) is 5.02 Å². The Hall–Kier alpha value is -3.10. The Morgan fingerprint density at radius 1 is 1.00 bits per heavy atom. The van der Waals surface area contributed by atoms with Gasteiger partial charge in [-0.15, -0.1) is 0 Å². The van der Waals surface area contributed by atoms with Crippen LogP contribution >= 0.6 is 27.5 Å². The van der Waals surface area contributed by atoms with Gasteiger partial charge in [-0.2, -0.15) is 0 Å². The molecule has 32 heavy (non-hydrogen) atoms. The maximum Gasteiger partial charge on any atom is 0.337 e. The SMILES string of the molecule is Cn1c(=O)cc(Nc2ccc(Br)cc2Cl)c2c(=O)n(C3CC3)c(=O)n(-c3ccccc3)c21. The summed E-state index contributed by atoms with van der Waals surface area (Å²) in [6.07, 6.45) is 1.53. The lowest BCUT2D eigenvalue weighted by molar-refractivity contribution is 0.637. The Balaban J connectivity index is 1.90. The van der Waals surface area contributed by atoms with Crippen LogP contribution in [0.5, 0.6) is 0 Å². The lowest BCUT2D eigenvalue weighted by Crippen LogP contribution is -2.41. The van der Waals surface area contributed by atoms with Gasteiger partial charge in [0.15, 0.2) is 0 Å². The number of para-hydroxylation sites is 1. The minimum Gasteiger partial charge on any atom is -0.353 e. The fraction of sp³-hybridized carbons (Fsp3) is 0.174. The Morgan fingerprint density at radius 2 is 1.72 bits per heavy atom. The van der Waals surface area contributed by atoms with Gasteiger partial charge in [0.05, 0.1) is 22.1 Å². The zero-order valence-corrected chi connectivity index (χ0v) is 19.4. The average molecular weight is 514 g/mol. The number of anilines is 2. The third-order valence-electron chi connectivity index (χ3n) is 5.58. The summed E-state index contributed by atoms with van der Waals surface area (Å²) in [5, 5.41) is 3.82. The van der Waals surface area contributed by atoms with Gasteiger partial charge in [-0.3, -0.25) is 18.7 Å². The molecule has 0 spiro atoms. The summed E-state index contributed by atoms with van der Waals surface area (Å²) in [4.78, 5) is 39.9. The van der Waals surface area contributed by atoms with E-state index >= 15 is 0 Å². The number of hydrogen-bond acceptors (Lipinski definition) is 4. The minimum atomic E-state index is -0.454. The summed E-state index contributed by atoms with van der Waals surface area (Å²) < 4.78 is 4.87. The zero-order valence-electron chi connectivity index (χ0n) is 17.0. The molecular weight excluding hydrogens is 496 g/mol. The van der Waals surface area contributed by atoms with Crippen molar-refractivity contribution in [1.29, 1.82) is 0 Å². The second-order valence-electron chi connectivity index (χ2n) is 7.76. The Bertz CT molecular complexity index is 1550. The van der Waals surface area contributed by atoms with Crippen molar-refractivity contribution in [2.75, 3.05) is 5.32 Å². The molecule has 2 aromatic carbocycles. The van der Waals surface area contributed by atoms with Crippen LogP contribution in [0.15, 0.2) is 73.5 Å². The zero-order chi connectivity index (χ0) is 22.6. The van der Waals surface area contributed by atoms with Gasteiger partial charge in [-0.05, 0) is 43.2 Å². The maximum atomic E-state index is 13.6. The molecule has 5 rings (SSSR count). The molecule has 0 bridgehead atoms. The standard InChI is InChI=1S/C23H18BrClN4O3/c1-27-19(30)12-18(26-17-10-7-13(24)11-16(17)25)20-21(27)28(14-5-3-2-4-6-14)23(32)29(22(20)31)15-8-9-15/h2-7,10-12,15,26H,8-9H2,1H3. The number of hydrogen-bond donors (Lipinski definition) is 1. The summed E-state index contributed by atoms with van der Waals surface area (Å²) in [5.41, 5.74) is 0.407. The molecule has 1 fully saturated rings. The van der Waals surface area contributed by atoms with Gasteiger partial charge in [0.25, 0.3) is 11.1 Å². The van der Waals surface area contributed by atoms with Crippen molar-refractivity contribution in [1.82, 2.24) is 13.7 Å². The molecule has 7 nitrogen and oxygen atoms in total. The number of pyridine rings is 1. The van der Waals surface area contributed by atoms with E-state index in [0.717, 1.165) is 17.3 Å². The van der Waals surface area contributed by atoms with Gasteiger partial charge in [0.1, 0.15) is 11.0 Å². The Morgan fingerprint density at radius 3 is 2.38 bits per heavy atom. The quantitative estimate of drug-likeness (QED) is 0.440. The highest BCUT2D eigenvalue weighted by atomic mass is 79.9. The molecule has 162 valence electrons. The number of benzene rings is 2. The lowest BCUT2D eigenvalue weighted by Gasteiger charge is -2.19. The third-order valence-corrected chi connectivity index (χ3v) is 6.38. The van der Waals surface area contributed by atoms with Crippen LogP contribution < -0.4 is 22.1 Å². The molecule has 1 saturated carbocycles. The highest BCUT2D eigenvalue weighted by Crippen LogP contribution is 2.34. The van der Waals surface area contributed by atoms with E-state index in [1.165, 1.54) is 19.8 Å². The molecule has 2 heterocycles. The van der Waals surface area contributed by atoms with Gasteiger partial charge in [-0.25, -0.2) is 9.36 Å². The molecule has 0 unspecified atom stereocenters. The highest BCUT2D eigenvalue weighted by molar-refractivity contribution is 9.10. The van der Waals surface area contributed by atoms with E-state index in [1.54, 1.807) is 37.4 Å². The van der Waals surface area contributed by atoms with E-state index in [9.17, 15) is 14.4 Å². The third kappa shape index (κ3) is 3.40. The first-order valence-electron chi connectivity index (χ1n) is 10.1. The molecule has 4 aromatic rings. The summed E-state index contributed by atoms with van der Waals surface area (Å²) in [5.74, 6) is 0. The summed E-state index contributed by atoms with van der Waals surface area (Å²) >= 11 is 9.74. The molecule has 0 atom stereocenters. The fourth-order valence-electron chi connectivity index (χ4n) is 3.86. The summed E-state index contributed by atoms with van der Waals surface area (Å²) in [7, 11) is 1.56. The van der Waals surface area contributed by atoms with Gasteiger partial charge < -0.3 is 5.32 Å². The minimum absolute atomic E-state index is 0.143. The molecule has 0 radical (unpaired) electrons. The van der Waals surface area contributed by atoms with Crippen LogP contribution in [0.1, 0.15) is 18.9 Å². The number of rotatable bonds is 4. The average Bonchev–Trinajstić information content (AvgIpc) is 3.59. The van der Waals surface area contributed by atoms with Crippen molar-refractivity contribution in [3.8, 4) is 5.69 Å². The van der Waals surface area contributed by atoms with Crippen molar-refractivity contribution in [2.45, 2.75) is 18.9 Å². The fourth-order valence-corrected chi connectivity index (χ4v) is 4.58. The number of nitrogens with zero attached hydrogens (tertiary/aromatic N) is 3. The molecule has 0 saturated heterocycles. The smallest absolute Gasteiger partial charge is 0.337 e. The Labute approximate surface area is 195 Å². The van der Waals surface area contributed by atoms with E-state index in [2.05, 4.69) is 21.2 Å². The lowest BCUT2D eigenvalue weighted by atomic mass is 10.2. The van der Waals surface area contributed by atoms with E-state index in [4.69, 9.17) is 11.6 Å². The summed E-state index contributed by atoms with van der Waals surface area (Å²) in [6.45, 7) is 0. The topological polar surface area (TPSA) is 78.0 Å². The predicted molar refractivity (Wildman–Crippen MR) is 130 cm³/mol. The molecule has 2 aromatic heterocycles. The molecular formula is C23H18BrClN4O3. The molecule has 9 heteroatoms. The van der Waals surface area contributed by atoms with E-state index in [1.807, 2.05) is 18.2 Å². The molecule has 1 N–H and O–H groups in total. The number of halogens is 2. The molecule has 1 aliphatic carbocycles.